The second kappa shape index (κ2) is 11.3. The molecule has 0 radical (unpaired) electrons. The molecule has 0 fully saturated rings. The Morgan fingerprint density at radius 3 is 2.53 bits per heavy atom. The van der Waals surface area contributed by atoms with E-state index in [2.05, 4.69) is 15.6 Å². The van der Waals surface area contributed by atoms with Crippen LogP contribution in [0.4, 0.5) is 0 Å². The fraction of sp³-hybridized carbons (Fsp3) is 0.900. The van der Waals surface area contributed by atoms with Crippen LogP contribution < -0.4 is 10.6 Å². The number of methoxy groups -OCH3 is 1. The summed E-state index contributed by atoms with van der Waals surface area (Å²) in [5.41, 5.74) is 0. The molecule has 0 spiro atoms. The van der Waals surface area contributed by atoms with Crippen molar-refractivity contribution in [2.75, 3.05) is 47.1 Å². The van der Waals surface area contributed by atoms with Gasteiger partial charge in [0.25, 0.3) is 0 Å². The molecule has 0 unspecified atom stereocenters. The van der Waals surface area contributed by atoms with E-state index in [1.54, 1.807) is 14.2 Å². The van der Waals surface area contributed by atoms with Gasteiger partial charge in [-0.2, -0.15) is 0 Å². The normalized spacial score (nSPS) is 11.5. The zero-order valence-electron chi connectivity index (χ0n) is 10.0. The first-order chi connectivity index (χ1) is 7.35. The summed E-state index contributed by atoms with van der Waals surface area (Å²) in [6.45, 7) is 5.84. The fourth-order valence-corrected chi connectivity index (χ4v) is 1.03. The van der Waals surface area contributed by atoms with Crippen molar-refractivity contribution in [3.05, 3.63) is 0 Å². The molecule has 0 bridgehead atoms. The highest BCUT2D eigenvalue weighted by Gasteiger charge is 1.95. The number of aliphatic imine (C=N–C) groups is 1. The Bertz CT molecular complexity index is 149. The minimum atomic E-state index is 0.704. The third-order valence-corrected chi connectivity index (χ3v) is 1.78. The Labute approximate surface area is 92.2 Å². The van der Waals surface area contributed by atoms with Crippen molar-refractivity contribution in [1.29, 1.82) is 0 Å². The highest BCUT2D eigenvalue weighted by molar-refractivity contribution is 5.79. The average Bonchev–Trinajstić information content (AvgIpc) is 2.27. The van der Waals surface area contributed by atoms with Gasteiger partial charge in [-0.3, -0.25) is 4.99 Å². The number of hydrogen-bond donors (Lipinski definition) is 2. The maximum Gasteiger partial charge on any atom is 0.191 e. The molecule has 0 rings (SSSR count). The predicted octanol–water partition coefficient (Wildman–Crippen LogP) is 0.224. The van der Waals surface area contributed by atoms with Gasteiger partial charge in [0.05, 0.1) is 6.61 Å². The molecule has 0 aromatic heterocycles. The molecule has 15 heavy (non-hydrogen) atoms. The quantitative estimate of drug-likeness (QED) is 0.347. The predicted molar refractivity (Wildman–Crippen MR) is 62.4 cm³/mol. The van der Waals surface area contributed by atoms with Gasteiger partial charge in [-0.15, -0.1) is 0 Å². The van der Waals surface area contributed by atoms with Crippen molar-refractivity contribution in [2.24, 2.45) is 4.99 Å². The maximum absolute atomic E-state index is 5.21. The fourth-order valence-electron chi connectivity index (χ4n) is 1.03. The smallest absolute Gasteiger partial charge is 0.191 e. The largest absolute Gasteiger partial charge is 0.385 e. The van der Waals surface area contributed by atoms with Gasteiger partial charge in [0, 0.05) is 40.5 Å². The van der Waals surface area contributed by atoms with Crippen LogP contribution in [0.1, 0.15) is 13.3 Å². The van der Waals surface area contributed by atoms with E-state index < -0.39 is 0 Å². The van der Waals surface area contributed by atoms with E-state index >= 15 is 0 Å². The molecule has 0 aliphatic rings. The molecular formula is C10H23N3O2. The number of ether oxygens (including phenoxy) is 2. The van der Waals surface area contributed by atoms with E-state index in [9.17, 15) is 0 Å². The zero-order valence-corrected chi connectivity index (χ0v) is 10.0. The van der Waals surface area contributed by atoms with Crippen molar-refractivity contribution >= 4 is 5.96 Å². The summed E-state index contributed by atoms with van der Waals surface area (Å²) in [4.78, 5) is 4.08. The summed E-state index contributed by atoms with van der Waals surface area (Å²) in [5.74, 6) is 0.811. The molecule has 0 aliphatic carbocycles. The first kappa shape index (κ1) is 14.2. The Balaban J connectivity index is 3.39. The van der Waals surface area contributed by atoms with Crippen molar-refractivity contribution in [3.63, 3.8) is 0 Å². The van der Waals surface area contributed by atoms with Gasteiger partial charge in [0.15, 0.2) is 5.96 Å². The van der Waals surface area contributed by atoms with Gasteiger partial charge in [0.1, 0.15) is 0 Å². The monoisotopic (exact) mass is 217 g/mol. The van der Waals surface area contributed by atoms with Gasteiger partial charge in [-0.05, 0) is 13.3 Å². The minimum Gasteiger partial charge on any atom is -0.385 e. The van der Waals surface area contributed by atoms with Crippen LogP contribution in [-0.4, -0.2) is 53.0 Å². The highest BCUT2D eigenvalue weighted by atomic mass is 16.5. The number of nitrogens with one attached hydrogen (secondary N) is 2. The minimum absolute atomic E-state index is 0.704. The lowest BCUT2D eigenvalue weighted by atomic mass is 10.4. The van der Waals surface area contributed by atoms with Gasteiger partial charge in [0.2, 0.25) is 0 Å². The van der Waals surface area contributed by atoms with Crippen LogP contribution in [0.5, 0.6) is 0 Å². The van der Waals surface area contributed by atoms with E-state index in [-0.39, 0.29) is 0 Å². The van der Waals surface area contributed by atoms with E-state index in [1.165, 1.54) is 0 Å². The lowest BCUT2D eigenvalue weighted by Crippen LogP contribution is -2.39. The summed E-state index contributed by atoms with van der Waals surface area (Å²) >= 11 is 0. The maximum atomic E-state index is 5.21. The number of guanidine groups is 1. The Kier molecular flexibility index (Phi) is 10.7. The zero-order chi connectivity index (χ0) is 11.4. The molecule has 0 aliphatic heterocycles. The average molecular weight is 217 g/mol. The molecule has 2 N–H and O–H groups in total. The van der Waals surface area contributed by atoms with Crippen LogP contribution in [0.2, 0.25) is 0 Å². The molecule has 0 amide bonds. The molecule has 0 saturated heterocycles. The summed E-state index contributed by atoms with van der Waals surface area (Å²) in [6.07, 6.45) is 0.975. The third-order valence-electron chi connectivity index (χ3n) is 1.78. The summed E-state index contributed by atoms with van der Waals surface area (Å²) < 4.78 is 10.2. The van der Waals surface area contributed by atoms with Crippen LogP contribution in [0, 0.1) is 0 Å². The topological polar surface area (TPSA) is 54.9 Å². The molecule has 90 valence electrons. The summed E-state index contributed by atoms with van der Waals surface area (Å²) in [5, 5.41) is 6.34. The molecule has 5 nitrogen and oxygen atoms in total. The number of rotatable bonds is 8. The van der Waals surface area contributed by atoms with Gasteiger partial charge in [-0.1, -0.05) is 0 Å². The van der Waals surface area contributed by atoms with Crippen molar-refractivity contribution in [2.45, 2.75) is 13.3 Å². The molecule has 0 atom stereocenters. The van der Waals surface area contributed by atoms with Gasteiger partial charge in [-0.25, -0.2) is 0 Å². The summed E-state index contributed by atoms with van der Waals surface area (Å²) in [6, 6.07) is 0. The second-order valence-corrected chi connectivity index (χ2v) is 2.97. The molecule has 0 heterocycles. The van der Waals surface area contributed by atoms with Crippen LogP contribution >= 0.6 is 0 Å². The van der Waals surface area contributed by atoms with Crippen LogP contribution in [-0.2, 0) is 9.47 Å². The highest BCUT2D eigenvalue weighted by Crippen LogP contribution is 1.78. The van der Waals surface area contributed by atoms with Crippen molar-refractivity contribution in [3.8, 4) is 0 Å². The lowest BCUT2D eigenvalue weighted by Gasteiger charge is -2.11. The number of hydrogen-bond acceptors (Lipinski definition) is 3. The molecule has 5 heteroatoms. The van der Waals surface area contributed by atoms with Crippen molar-refractivity contribution in [1.82, 2.24) is 10.6 Å². The molecule has 0 aromatic rings. The van der Waals surface area contributed by atoms with Gasteiger partial charge >= 0.3 is 0 Å². The van der Waals surface area contributed by atoms with Crippen LogP contribution in [0.15, 0.2) is 4.99 Å². The molecule has 0 saturated carbocycles. The molecule has 0 aromatic carbocycles. The van der Waals surface area contributed by atoms with Gasteiger partial charge < -0.3 is 20.1 Å². The Morgan fingerprint density at radius 2 is 1.93 bits per heavy atom. The third kappa shape index (κ3) is 9.49. The number of nitrogens with zero attached hydrogens (tertiary/aromatic N) is 1. The van der Waals surface area contributed by atoms with Crippen LogP contribution in [0.25, 0.3) is 0 Å². The SMILES string of the molecule is CCOCCNC(=NC)NCCCOC. The Morgan fingerprint density at radius 1 is 1.20 bits per heavy atom. The van der Waals surface area contributed by atoms with E-state index in [0.717, 1.165) is 38.7 Å². The van der Waals surface area contributed by atoms with Crippen LogP contribution in [0.3, 0.4) is 0 Å². The first-order valence-corrected chi connectivity index (χ1v) is 5.36. The van der Waals surface area contributed by atoms with E-state index in [0.29, 0.717) is 6.61 Å². The first-order valence-electron chi connectivity index (χ1n) is 5.36. The summed E-state index contributed by atoms with van der Waals surface area (Å²) in [7, 11) is 3.46. The lowest BCUT2D eigenvalue weighted by molar-refractivity contribution is 0.152. The molecular weight excluding hydrogens is 194 g/mol. The standard InChI is InChI=1S/C10H23N3O2/c1-4-15-9-7-13-10(11-2)12-6-5-8-14-3/h4-9H2,1-3H3,(H2,11,12,13). The Hall–Kier alpha value is -0.810. The second-order valence-electron chi connectivity index (χ2n) is 2.97. The van der Waals surface area contributed by atoms with E-state index in [1.807, 2.05) is 6.92 Å². The van der Waals surface area contributed by atoms with E-state index in [4.69, 9.17) is 9.47 Å². The van der Waals surface area contributed by atoms with Crippen molar-refractivity contribution < 1.29 is 9.47 Å².